The molecule has 1 atom stereocenters. The molecule has 5 nitrogen and oxygen atoms in total. The van der Waals surface area contributed by atoms with Crippen LogP contribution >= 0.6 is 0 Å². The molecule has 2 rings (SSSR count). The third-order valence-corrected chi connectivity index (χ3v) is 2.82. The normalized spacial score (nSPS) is 12.9. The van der Waals surface area contributed by atoms with Crippen molar-refractivity contribution < 1.29 is 4.74 Å². The largest absolute Gasteiger partial charge is 0.472 e. The number of fused-ring (bicyclic) bond motifs is 1. The molecule has 2 heterocycles. The van der Waals surface area contributed by atoms with Crippen LogP contribution in [0.25, 0.3) is 5.65 Å². The first-order chi connectivity index (χ1) is 9.10. The van der Waals surface area contributed by atoms with Crippen molar-refractivity contribution in [2.24, 2.45) is 5.92 Å². The van der Waals surface area contributed by atoms with Crippen molar-refractivity contribution in [3.05, 3.63) is 18.6 Å². The Kier molecular flexibility index (Phi) is 4.24. The summed E-state index contributed by atoms with van der Waals surface area (Å²) >= 11 is 0. The summed E-state index contributed by atoms with van der Waals surface area (Å²) in [5.41, 5.74) is 0.761. The van der Waals surface area contributed by atoms with Crippen LogP contribution in [0.2, 0.25) is 0 Å². The molecule has 19 heavy (non-hydrogen) atoms. The fraction of sp³-hybridized carbons (Fsp3) is 0.571. The quantitative estimate of drug-likeness (QED) is 0.869. The molecule has 1 N–H and O–H groups in total. The minimum Gasteiger partial charge on any atom is -0.472 e. The van der Waals surface area contributed by atoms with Gasteiger partial charge in [-0.25, -0.2) is 4.98 Å². The van der Waals surface area contributed by atoms with Crippen LogP contribution < -0.4 is 10.1 Å². The van der Waals surface area contributed by atoms with Gasteiger partial charge in [0.2, 0.25) is 5.65 Å². The van der Waals surface area contributed by atoms with E-state index < -0.39 is 0 Å². The number of nitrogens with zero attached hydrogens (tertiary/aromatic N) is 3. The van der Waals surface area contributed by atoms with Crippen LogP contribution in [0, 0.1) is 5.92 Å². The maximum Gasteiger partial charge on any atom is 0.260 e. The van der Waals surface area contributed by atoms with E-state index in [1.807, 2.05) is 23.7 Å². The van der Waals surface area contributed by atoms with Gasteiger partial charge in [-0.2, -0.15) is 4.98 Å². The van der Waals surface area contributed by atoms with Gasteiger partial charge in [0.25, 0.3) is 5.88 Å². The van der Waals surface area contributed by atoms with Crippen LogP contribution in [0.4, 0.5) is 5.82 Å². The second-order valence-electron chi connectivity index (χ2n) is 5.18. The fourth-order valence-electron chi connectivity index (χ4n) is 2.15. The molecule has 0 saturated carbocycles. The maximum atomic E-state index is 5.95. The molecule has 2 aromatic rings. The summed E-state index contributed by atoms with van der Waals surface area (Å²) in [6, 6.07) is 0. The summed E-state index contributed by atoms with van der Waals surface area (Å²) in [5, 5.41) is 3.20. The Morgan fingerprint density at radius 2 is 2.16 bits per heavy atom. The monoisotopic (exact) mass is 262 g/mol. The topological polar surface area (TPSA) is 51.5 Å². The summed E-state index contributed by atoms with van der Waals surface area (Å²) < 4.78 is 7.88. The molecular weight excluding hydrogens is 240 g/mol. The molecule has 0 aliphatic heterocycles. The second-order valence-corrected chi connectivity index (χ2v) is 5.18. The van der Waals surface area contributed by atoms with E-state index in [4.69, 9.17) is 4.74 Å². The first-order valence-corrected chi connectivity index (χ1v) is 6.84. The number of nitrogens with one attached hydrogen (secondary N) is 1. The molecule has 0 aromatic carbocycles. The molecular formula is C14H22N4O. The Balaban J connectivity index is 2.26. The van der Waals surface area contributed by atoms with Crippen molar-refractivity contribution >= 4 is 11.5 Å². The predicted octanol–water partition coefficient (Wildman–Crippen LogP) is 2.97. The lowest BCUT2D eigenvalue weighted by Gasteiger charge is -2.17. The molecule has 1 unspecified atom stereocenters. The zero-order valence-corrected chi connectivity index (χ0v) is 12.1. The number of aromatic nitrogens is 3. The lowest BCUT2D eigenvalue weighted by Crippen LogP contribution is -2.16. The predicted molar refractivity (Wildman–Crippen MR) is 76.7 cm³/mol. The number of ether oxygens (including phenoxy) is 1. The molecule has 104 valence electrons. The lowest BCUT2D eigenvalue weighted by molar-refractivity contribution is 0.187. The average Bonchev–Trinajstić information content (AvgIpc) is 2.76. The molecule has 0 fully saturated rings. The van der Waals surface area contributed by atoms with Crippen LogP contribution in [0.5, 0.6) is 5.88 Å². The van der Waals surface area contributed by atoms with Gasteiger partial charge in [-0.1, -0.05) is 13.8 Å². The van der Waals surface area contributed by atoms with Gasteiger partial charge in [0.1, 0.15) is 5.82 Å². The standard InChI is InChI=1S/C14H22N4O/c1-5-15-12-9-18-7-6-16-13(18)14(17-12)19-11(4)8-10(2)3/h6-7,9-11,15H,5,8H2,1-4H3. The number of anilines is 1. The van der Waals surface area contributed by atoms with E-state index in [1.54, 1.807) is 6.20 Å². The number of hydrogen-bond acceptors (Lipinski definition) is 4. The van der Waals surface area contributed by atoms with Gasteiger partial charge in [0, 0.05) is 18.9 Å². The van der Waals surface area contributed by atoms with Gasteiger partial charge in [-0.3, -0.25) is 4.40 Å². The summed E-state index contributed by atoms with van der Waals surface area (Å²) in [4.78, 5) is 8.79. The van der Waals surface area contributed by atoms with Crippen LogP contribution in [-0.2, 0) is 0 Å². The van der Waals surface area contributed by atoms with Gasteiger partial charge in [-0.15, -0.1) is 0 Å². The highest BCUT2D eigenvalue weighted by atomic mass is 16.5. The second kappa shape index (κ2) is 5.91. The first kappa shape index (κ1) is 13.6. The van der Waals surface area contributed by atoms with Gasteiger partial charge in [-0.05, 0) is 26.2 Å². The van der Waals surface area contributed by atoms with Crippen molar-refractivity contribution in [2.75, 3.05) is 11.9 Å². The maximum absolute atomic E-state index is 5.95. The van der Waals surface area contributed by atoms with Crippen molar-refractivity contribution in [3.8, 4) is 5.88 Å². The van der Waals surface area contributed by atoms with Crippen LogP contribution in [-0.4, -0.2) is 27.0 Å². The third kappa shape index (κ3) is 3.36. The summed E-state index contributed by atoms with van der Waals surface area (Å²) in [6.45, 7) is 9.32. The van der Waals surface area contributed by atoms with E-state index in [0.29, 0.717) is 11.8 Å². The highest BCUT2D eigenvalue weighted by Gasteiger charge is 2.13. The van der Waals surface area contributed by atoms with E-state index in [-0.39, 0.29) is 6.10 Å². The molecule has 0 radical (unpaired) electrons. The van der Waals surface area contributed by atoms with E-state index in [9.17, 15) is 0 Å². The van der Waals surface area contributed by atoms with Crippen molar-refractivity contribution in [1.29, 1.82) is 0 Å². The Bertz CT molecular complexity index is 535. The number of hydrogen-bond donors (Lipinski definition) is 1. The Labute approximate surface area is 114 Å². The smallest absolute Gasteiger partial charge is 0.260 e. The third-order valence-electron chi connectivity index (χ3n) is 2.82. The molecule has 0 saturated heterocycles. The minimum absolute atomic E-state index is 0.130. The first-order valence-electron chi connectivity index (χ1n) is 6.84. The molecule has 0 aliphatic rings. The molecule has 0 amide bonds. The van der Waals surface area contributed by atoms with Gasteiger partial charge in [0.05, 0.1) is 12.3 Å². The van der Waals surface area contributed by atoms with Crippen LogP contribution in [0.3, 0.4) is 0 Å². The van der Waals surface area contributed by atoms with Gasteiger partial charge in [0.15, 0.2) is 0 Å². The Hall–Kier alpha value is -1.78. The van der Waals surface area contributed by atoms with E-state index in [2.05, 4.69) is 36.1 Å². The fourth-order valence-corrected chi connectivity index (χ4v) is 2.15. The minimum atomic E-state index is 0.130. The average molecular weight is 262 g/mol. The Morgan fingerprint density at radius 3 is 2.84 bits per heavy atom. The van der Waals surface area contributed by atoms with Crippen molar-refractivity contribution in [2.45, 2.75) is 40.2 Å². The van der Waals surface area contributed by atoms with Gasteiger partial charge < -0.3 is 10.1 Å². The van der Waals surface area contributed by atoms with Crippen LogP contribution in [0.1, 0.15) is 34.1 Å². The molecule has 0 aliphatic carbocycles. The lowest BCUT2D eigenvalue weighted by atomic mass is 10.1. The zero-order chi connectivity index (χ0) is 13.8. The summed E-state index contributed by atoms with van der Waals surface area (Å²) in [6.07, 6.45) is 6.71. The van der Waals surface area contributed by atoms with E-state index in [0.717, 1.165) is 24.4 Å². The molecule has 0 bridgehead atoms. The van der Waals surface area contributed by atoms with Crippen LogP contribution in [0.15, 0.2) is 18.6 Å². The summed E-state index contributed by atoms with van der Waals surface area (Å²) in [7, 11) is 0. The molecule has 0 spiro atoms. The highest BCUT2D eigenvalue weighted by Crippen LogP contribution is 2.21. The SMILES string of the molecule is CCNc1cn2ccnc2c(OC(C)CC(C)C)n1. The summed E-state index contributed by atoms with van der Waals surface area (Å²) in [5.74, 6) is 2.00. The number of imidazole rings is 1. The molecule has 2 aromatic heterocycles. The zero-order valence-electron chi connectivity index (χ0n) is 12.1. The van der Waals surface area contributed by atoms with Crippen molar-refractivity contribution in [3.63, 3.8) is 0 Å². The highest BCUT2D eigenvalue weighted by molar-refractivity contribution is 5.53. The Morgan fingerprint density at radius 1 is 1.37 bits per heavy atom. The van der Waals surface area contributed by atoms with E-state index in [1.165, 1.54) is 0 Å². The van der Waals surface area contributed by atoms with Crippen molar-refractivity contribution in [1.82, 2.24) is 14.4 Å². The van der Waals surface area contributed by atoms with Gasteiger partial charge >= 0.3 is 0 Å². The number of rotatable bonds is 6. The molecule has 5 heteroatoms. The van der Waals surface area contributed by atoms with E-state index >= 15 is 0 Å².